The van der Waals surface area contributed by atoms with Crippen LogP contribution in [0.4, 0.5) is 4.79 Å². The van der Waals surface area contributed by atoms with Gasteiger partial charge in [-0.1, -0.05) is 18.9 Å². The molecular formula is C29H38N4O4S. The number of rotatable bonds is 10. The predicted molar refractivity (Wildman–Crippen MR) is 144 cm³/mol. The van der Waals surface area contributed by atoms with Crippen LogP contribution in [0, 0.1) is 17.8 Å². The van der Waals surface area contributed by atoms with Crippen LogP contribution in [0.2, 0.25) is 0 Å². The second kappa shape index (κ2) is 10.5. The maximum Gasteiger partial charge on any atom is 0.315 e. The molecule has 38 heavy (non-hydrogen) atoms. The average molecular weight is 539 g/mol. The Morgan fingerprint density at radius 3 is 2.63 bits per heavy atom. The Bertz CT molecular complexity index is 1130. The number of imide groups is 1. The summed E-state index contributed by atoms with van der Waals surface area (Å²) in [7, 11) is 0. The lowest BCUT2D eigenvalue weighted by Gasteiger charge is -2.33. The van der Waals surface area contributed by atoms with E-state index < -0.39 is 6.04 Å². The number of carbonyl (C=O) groups is 4. The number of hydrogen-bond acceptors (Lipinski definition) is 5. The molecule has 0 aromatic heterocycles. The first-order chi connectivity index (χ1) is 18.4. The zero-order valence-electron chi connectivity index (χ0n) is 21.9. The van der Waals surface area contributed by atoms with Crippen LogP contribution in [0.25, 0.3) is 0 Å². The van der Waals surface area contributed by atoms with Gasteiger partial charge in [0.1, 0.15) is 6.04 Å². The molecule has 5 fully saturated rings. The first kappa shape index (κ1) is 25.7. The van der Waals surface area contributed by atoms with Gasteiger partial charge in [0.15, 0.2) is 0 Å². The molecule has 3 unspecified atom stereocenters. The van der Waals surface area contributed by atoms with Crippen LogP contribution in [-0.4, -0.2) is 52.5 Å². The van der Waals surface area contributed by atoms with Gasteiger partial charge in [-0.25, -0.2) is 4.79 Å². The van der Waals surface area contributed by atoms with Crippen molar-refractivity contribution < 1.29 is 19.2 Å². The summed E-state index contributed by atoms with van der Waals surface area (Å²) in [5.41, 5.74) is 1.75. The highest BCUT2D eigenvalue weighted by Gasteiger charge is 2.58. The quantitative estimate of drug-likeness (QED) is 0.237. The van der Waals surface area contributed by atoms with Crippen molar-refractivity contribution in [2.75, 3.05) is 12.3 Å². The molecule has 5 amide bonds. The molecule has 6 aliphatic rings. The highest BCUT2D eigenvalue weighted by Crippen LogP contribution is 2.60. The van der Waals surface area contributed by atoms with Crippen molar-refractivity contribution in [3.8, 4) is 0 Å². The molecule has 204 valence electrons. The van der Waals surface area contributed by atoms with Crippen molar-refractivity contribution >= 4 is 35.5 Å². The Morgan fingerprint density at radius 1 is 1.05 bits per heavy atom. The van der Waals surface area contributed by atoms with Crippen molar-refractivity contribution in [2.45, 2.75) is 93.7 Å². The molecule has 4 saturated carbocycles. The highest BCUT2D eigenvalue weighted by molar-refractivity contribution is 7.99. The van der Waals surface area contributed by atoms with E-state index in [9.17, 15) is 19.2 Å². The van der Waals surface area contributed by atoms with Crippen LogP contribution in [0.15, 0.2) is 23.1 Å². The van der Waals surface area contributed by atoms with Crippen molar-refractivity contribution in [1.82, 2.24) is 20.9 Å². The fraction of sp³-hybridized carbons (Fsp3) is 0.655. The fourth-order valence-electron chi connectivity index (χ4n) is 7.93. The molecule has 8 nitrogen and oxygen atoms in total. The van der Waals surface area contributed by atoms with Crippen LogP contribution in [0.1, 0.15) is 86.6 Å². The third-order valence-electron chi connectivity index (χ3n) is 9.51. The lowest BCUT2D eigenvalue weighted by molar-refractivity contribution is -0.136. The summed E-state index contributed by atoms with van der Waals surface area (Å²) in [6.45, 7) is 1.14. The van der Waals surface area contributed by atoms with Crippen LogP contribution in [0.5, 0.6) is 0 Å². The van der Waals surface area contributed by atoms with Crippen LogP contribution in [0.3, 0.4) is 0 Å². The first-order valence-electron chi connectivity index (χ1n) is 14.4. The third-order valence-corrected chi connectivity index (χ3v) is 10.7. The van der Waals surface area contributed by atoms with Gasteiger partial charge in [0.05, 0.1) is 0 Å². The number of benzene rings is 1. The second-order valence-corrected chi connectivity index (χ2v) is 13.2. The largest absolute Gasteiger partial charge is 0.338 e. The van der Waals surface area contributed by atoms with Gasteiger partial charge in [-0.05, 0) is 92.6 Å². The monoisotopic (exact) mass is 538 g/mol. The number of nitrogens with zero attached hydrogens (tertiary/aromatic N) is 1. The summed E-state index contributed by atoms with van der Waals surface area (Å²) >= 11 is 1.76. The summed E-state index contributed by atoms with van der Waals surface area (Å²) in [6.07, 6.45) is 11.3. The van der Waals surface area contributed by atoms with E-state index in [1.54, 1.807) is 16.7 Å². The second-order valence-electron chi connectivity index (χ2n) is 12.0. The standard InChI is InChI=1S/C29H38N4O4S/c34-25-9-8-23(26(35)31-25)33-17-22-21(27(33)36)6-5-7-24(22)38-11-4-2-1-3-10-30-28(37)32-29-15-18-12-19(16-29)14-20(29)13-18/h5-7,18-20,23H,1-4,8-17H2,(H2,30,32,37)(H,31,34,35). The fourth-order valence-corrected chi connectivity index (χ4v) is 9.02. The number of thioether (sulfide) groups is 1. The molecule has 1 saturated heterocycles. The van der Waals surface area contributed by atoms with Crippen molar-refractivity contribution in [1.29, 1.82) is 0 Å². The zero-order valence-corrected chi connectivity index (χ0v) is 22.7. The Hall–Kier alpha value is -2.55. The normalized spacial score (nSPS) is 31.1. The topological polar surface area (TPSA) is 108 Å². The SMILES string of the molecule is O=C1CCC(N2Cc3c(SCCCCCCNC(=O)NC45CC6CC(CC4C6)C5)cccc3C2=O)C(=O)N1. The summed E-state index contributed by atoms with van der Waals surface area (Å²) in [6, 6.07) is 5.23. The lowest BCUT2D eigenvalue weighted by Crippen LogP contribution is -2.53. The molecule has 7 rings (SSSR count). The minimum atomic E-state index is -0.579. The van der Waals surface area contributed by atoms with E-state index in [4.69, 9.17) is 0 Å². The van der Waals surface area contributed by atoms with Crippen LogP contribution in [-0.2, 0) is 16.1 Å². The number of fused-ring (bicyclic) bond motifs is 1. The molecule has 2 heterocycles. The van der Waals surface area contributed by atoms with Crippen molar-refractivity contribution in [2.24, 2.45) is 17.8 Å². The van der Waals surface area contributed by atoms with E-state index in [1.165, 1.54) is 32.1 Å². The number of piperidine rings is 1. The number of urea groups is 1. The van der Waals surface area contributed by atoms with Gasteiger partial charge in [-0.15, -0.1) is 11.8 Å². The van der Waals surface area contributed by atoms with E-state index in [0.717, 1.165) is 60.3 Å². The Morgan fingerprint density at radius 2 is 1.84 bits per heavy atom. The minimum Gasteiger partial charge on any atom is -0.338 e. The average Bonchev–Trinajstić information content (AvgIpc) is 3.42. The summed E-state index contributed by atoms with van der Waals surface area (Å²) in [5.74, 6) is 2.58. The first-order valence-corrected chi connectivity index (χ1v) is 15.4. The molecule has 3 atom stereocenters. The summed E-state index contributed by atoms with van der Waals surface area (Å²) in [5, 5.41) is 8.83. The van der Waals surface area contributed by atoms with Gasteiger partial charge in [0.2, 0.25) is 11.8 Å². The molecule has 1 aromatic carbocycles. The molecule has 0 spiro atoms. The van der Waals surface area contributed by atoms with E-state index in [-0.39, 0.29) is 35.7 Å². The van der Waals surface area contributed by atoms with E-state index in [1.807, 2.05) is 12.1 Å². The van der Waals surface area contributed by atoms with E-state index in [0.29, 0.717) is 24.4 Å². The maximum absolute atomic E-state index is 13.0. The Kier molecular flexibility index (Phi) is 7.14. The van der Waals surface area contributed by atoms with E-state index in [2.05, 4.69) is 22.0 Å². The predicted octanol–water partition coefficient (Wildman–Crippen LogP) is 3.98. The van der Waals surface area contributed by atoms with Crippen LogP contribution >= 0.6 is 11.8 Å². The van der Waals surface area contributed by atoms with Gasteiger partial charge in [-0.3, -0.25) is 19.7 Å². The van der Waals surface area contributed by atoms with E-state index >= 15 is 0 Å². The number of unbranched alkanes of at least 4 members (excludes halogenated alkanes) is 3. The maximum atomic E-state index is 13.0. The number of hydrogen-bond donors (Lipinski definition) is 3. The molecule has 0 radical (unpaired) electrons. The Balaban J connectivity index is 0.890. The molecule has 2 aliphatic heterocycles. The van der Waals surface area contributed by atoms with Crippen molar-refractivity contribution in [3.63, 3.8) is 0 Å². The van der Waals surface area contributed by atoms with Gasteiger partial charge < -0.3 is 15.5 Å². The summed E-state index contributed by atoms with van der Waals surface area (Å²) < 4.78 is 0. The molecule has 1 aromatic rings. The van der Waals surface area contributed by atoms with Gasteiger partial charge >= 0.3 is 6.03 Å². The molecule has 4 bridgehead atoms. The number of nitrogens with one attached hydrogen (secondary N) is 3. The van der Waals surface area contributed by atoms with Crippen molar-refractivity contribution in [3.05, 3.63) is 29.3 Å². The smallest absolute Gasteiger partial charge is 0.315 e. The molecule has 4 aliphatic carbocycles. The van der Waals surface area contributed by atoms with Gasteiger partial charge in [0.25, 0.3) is 5.91 Å². The Labute approximate surface area is 228 Å². The number of carbonyl (C=O) groups excluding carboxylic acids is 4. The molecule has 3 N–H and O–H groups in total. The minimum absolute atomic E-state index is 0.0209. The summed E-state index contributed by atoms with van der Waals surface area (Å²) in [4.78, 5) is 52.0. The van der Waals surface area contributed by atoms with Gasteiger partial charge in [-0.2, -0.15) is 0 Å². The molecular weight excluding hydrogens is 500 g/mol. The van der Waals surface area contributed by atoms with Crippen LogP contribution < -0.4 is 16.0 Å². The molecule has 9 heteroatoms. The van der Waals surface area contributed by atoms with Gasteiger partial charge in [0, 0.05) is 35.5 Å². The number of amides is 5. The highest BCUT2D eigenvalue weighted by atomic mass is 32.2. The zero-order chi connectivity index (χ0) is 26.3. The third kappa shape index (κ3) is 4.94. The lowest BCUT2D eigenvalue weighted by atomic mass is 9.80.